The van der Waals surface area contributed by atoms with Crippen LogP contribution in [0.2, 0.25) is 0 Å². The van der Waals surface area contributed by atoms with Crippen LogP contribution >= 0.6 is 0 Å². The molecule has 1 aliphatic rings. The fraction of sp³-hybridized carbons (Fsp3) is 0.844. The van der Waals surface area contributed by atoms with Crippen molar-refractivity contribution in [2.45, 2.75) is 224 Å². The number of esters is 2. The molecule has 0 bridgehead atoms. The van der Waals surface area contributed by atoms with Crippen molar-refractivity contribution in [3.63, 3.8) is 0 Å². The predicted molar refractivity (Wildman–Crippen MR) is 218 cm³/mol. The highest BCUT2D eigenvalue weighted by Crippen LogP contribution is 2.22. The molecule has 0 aromatic carbocycles. The van der Waals surface area contributed by atoms with Gasteiger partial charge < -0.3 is 39.4 Å². The average molecular weight is 781 g/mol. The number of unbranched alkanes of at least 4 members (excludes halogenated alkanes) is 21. The third kappa shape index (κ3) is 28.1. The maximum atomic E-state index is 12.7. The molecule has 0 radical (unpaired) electrons. The van der Waals surface area contributed by atoms with Crippen LogP contribution in [0.1, 0.15) is 187 Å². The first-order chi connectivity index (χ1) is 26.8. The summed E-state index contributed by atoms with van der Waals surface area (Å²) in [5, 5.41) is 40.0. The van der Waals surface area contributed by atoms with E-state index in [1.807, 2.05) is 0 Å². The van der Waals surface area contributed by atoms with Gasteiger partial charge in [0, 0.05) is 12.8 Å². The van der Waals surface area contributed by atoms with Crippen LogP contribution in [0.5, 0.6) is 0 Å². The Balaban J connectivity index is 2.37. The molecule has 320 valence electrons. The number of ether oxygens (including phenoxy) is 4. The summed E-state index contributed by atoms with van der Waals surface area (Å²) in [7, 11) is 0. The van der Waals surface area contributed by atoms with E-state index in [0.717, 1.165) is 57.8 Å². The first-order valence-electron chi connectivity index (χ1n) is 22.2. The van der Waals surface area contributed by atoms with Crippen LogP contribution in [0.4, 0.5) is 0 Å². The van der Waals surface area contributed by atoms with E-state index in [9.17, 15) is 30.0 Å². The van der Waals surface area contributed by atoms with Gasteiger partial charge in [-0.25, -0.2) is 0 Å². The van der Waals surface area contributed by atoms with E-state index < -0.39 is 55.4 Å². The Morgan fingerprint density at radius 2 is 1.07 bits per heavy atom. The zero-order chi connectivity index (χ0) is 40.2. The molecule has 1 rings (SSSR count). The molecule has 1 saturated heterocycles. The number of carbonyl (C=O) groups excluding carboxylic acids is 2. The highest BCUT2D eigenvalue weighted by atomic mass is 16.7. The molecule has 1 heterocycles. The maximum absolute atomic E-state index is 12.7. The van der Waals surface area contributed by atoms with Crippen LogP contribution in [-0.4, -0.2) is 89.0 Å². The molecule has 10 heteroatoms. The van der Waals surface area contributed by atoms with Gasteiger partial charge in [-0.1, -0.05) is 122 Å². The number of hydrogen-bond donors (Lipinski definition) is 4. The van der Waals surface area contributed by atoms with Gasteiger partial charge in [0.2, 0.25) is 0 Å². The summed E-state index contributed by atoms with van der Waals surface area (Å²) in [6.07, 6.45) is 29.6. The van der Waals surface area contributed by atoms with Crippen LogP contribution < -0.4 is 0 Å². The Kier molecular flexibility index (Phi) is 33.7. The summed E-state index contributed by atoms with van der Waals surface area (Å²) in [5.41, 5.74) is 3.29. The second-order valence-corrected chi connectivity index (χ2v) is 15.2. The number of carbonyl (C=O) groups is 2. The van der Waals surface area contributed by atoms with Gasteiger partial charge in [-0.3, -0.25) is 9.59 Å². The highest BCUT2D eigenvalue weighted by Gasteiger charge is 2.44. The second-order valence-electron chi connectivity index (χ2n) is 15.2. The fourth-order valence-electron chi connectivity index (χ4n) is 6.51. The van der Waals surface area contributed by atoms with Gasteiger partial charge in [-0.05, 0) is 76.4 Å². The minimum atomic E-state index is -1.60. The van der Waals surface area contributed by atoms with E-state index in [-0.39, 0.29) is 26.1 Å². The SMILES string of the molecule is CCCCCCCC=C=CCCCCCCCC(=O)O[C@@H](COC(=O)CCCC/C=C/CCCCCCCCCCC)CO[C@H]1O[C@@H](CO)[C@@H](O)C(O)C1O. The van der Waals surface area contributed by atoms with Gasteiger partial charge in [0.1, 0.15) is 31.0 Å². The molecular weight excluding hydrogens is 700 g/mol. The van der Waals surface area contributed by atoms with Gasteiger partial charge in [0.25, 0.3) is 0 Å². The Morgan fingerprint density at radius 1 is 0.600 bits per heavy atom. The molecule has 10 nitrogen and oxygen atoms in total. The Hall–Kier alpha value is -2.04. The van der Waals surface area contributed by atoms with E-state index in [4.69, 9.17) is 18.9 Å². The Bertz CT molecular complexity index is 1010. The maximum Gasteiger partial charge on any atom is 0.306 e. The molecule has 4 N–H and O–H groups in total. The summed E-state index contributed by atoms with van der Waals surface area (Å²) >= 11 is 0. The van der Waals surface area contributed by atoms with Crippen LogP contribution in [0.3, 0.4) is 0 Å². The van der Waals surface area contributed by atoms with E-state index >= 15 is 0 Å². The van der Waals surface area contributed by atoms with Crippen molar-refractivity contribution in [1.29, 1.82) is 0 Å². The molecule has 0 spiro atoms. The smallest absolute Gasteiger partial charge is 0.306 e. The Labute approximate surface area is 334 Å². The zero-order valence-corrected chi connectivity index (χ0v) is 34.7. The van der Waals surface area contributed by atoms with E-state index in [1.165, 1.54) is 89.9 Å². The number of aliphatic hydroxyl groups is 4. The lowest BCUT2D eigenvalue weighted by Gasteiger charge is -2.39. The van der Waals surface area contributed by atoms with Gasteiger partial charge in [-0.15, -0.1) is 5.73 Å². The van der Waals surface area contributed by atoms with Gasteiger partial charge in [0.05, 0.1) is 13.2 Å². The normalized spacial score (nSPS) is 20.3. The molecule has 6 atom stereocenters. The van der Waals surface area contributed by atoms with Crippen molar-refractivity contribution in [2.75, 3.05) is 19.8 Å². The average Bonchev–Trinajstić information content (AvgIpc) is 3.18. The van der Waals surface area contributed by atoms with Crippen molar-refractivity contribution >= 4 is 11.9 Å². The number of rotatable bonds is 36. The van der Waals surface area contributed by atoms with E-state index in [1.54, 1.807) is 0 Å². The lowest BCUT2D eigenvalue weighted by atomic mass is 9.99. The minimum Gasteiger partial charge on any atom is -0.462 e. The number of hydrogen-bond acceptors (Lipinski definition) is 10. The third-order valence-corrected chi connectivity index (χ3v) is 10.1. The van der Waals surface area contributed by atoms with Crippen LogP contribution in [0.25, 0.3) is 0 Å². The summed E-state index contributed by atoms with van der Waals surface area (Å²) in [6, 6.07) is 0. The first-order valence-corrected chi connectivity index (χ1v) is 22.2. The molecule has 0 aromatic rings. The molecule has 55 heavy (non-hydrogen) atoms. The monoisotopic (exact) mass is 781 g/mol. The van der Waals surface area contributed by atoms with Gasteiger partial charge >= 0.3 is 11.9 Å². The van der Waals surface area contributed by atoms with Gasteiger partial charge in [0.15, 0.2) is 12.4 Å². The molecule has 0 aliphatic carbocycles. The summed E-state index contributed by atoms with van der Waals surface area (Å²) in [4.78, 5) is 25.3. The second kappa shape index (κ2) is 36.3. The third-order valence-electron chi connectivity index (χ3n) is 10.1. The van der Waals surface area contributed by atoms with Crippen LogP contribution in [-0.2, 0) is 28.5 Å². The standard InChI is InChI=1S/C45H80O10/c1-3-5-7-9-11-13-15-17-19-21-23-25-27-29-31-33-40(47)52-36-38(37-53-45-44(51)43(50)42(49)39(35-46)55-45)54-41(48)34-32-30-28-26-24-22-20-18-16-14-12-10-8-6-4-2/h16,20,23,25,38-39,42-46,49-51H,3-15,17,19,21-22,24,26-37H2,1-2H3/b25-23+/t18?,38-,39-,42+,43?,44?,45-/m0/s1. The highest BCUT2D eigenvalue weighted by molar-refractivity contribution is 5.70. The van der Waals surface area contributed by atoms with Crippen LogP contribution in [0, 0.1) is 0 Å². The summed E-state index contributed by atoms with van der Waals surface area (Å²) in [6.45, 7) is 3.36. The largest absolute Gasteiger partial charge is 0.462 e. The van der Waals surface area contributed by atoms with Crippen molar-refractivity contribution in [1.82, 2.24) is 0 Å². The molecule has 0 saturated carbocycles. The van der Waals surface area contributed by atoms with Gasteiger partial charge in [-0.2, -0.15) is 0 Å². The lowest BCUT2D eigenvalue weighted by Crippen LogP contribution is -2.59. The molecule has 1 fully saturated rings. The quantitative estimate of drug-likeness (QED) is 0.0210. The predicted octanol–water partition coefficient (Wildman–Crippen LogP) is 9.10. The fourth-order valence-corrected chi connectivity index (χ4v) is 6.51. The Morgan fingerprint density at radius 3 is 1.64 bits per heavy atom. The molecular formula is C45H80O10. The van der Waals surface area contributed by atoms with E-state index in [2.05, 4.69) is 43.9 Å². The molecule has 0 amide bonds. The van der Waals surface area contributed by atoms with Crippen molar-refractivity contribution in [3.05, 3.63) is 30.0 Å². The van der Waals surface area contributed by atoms with Crippen molar-refractivity contribution in [3.8, 4) is 0 Å². The van der Waals surface area contributed by atoms with Crippen LogP contribution in [0.15, 0.2) is 30.0 Å². The summed E-state index contributed by atoms with van der Waals surface area (Å²) < 4.78 is 22.1. The molecule has 0 aromatic heterocycles. The molecule has 2 unspecified atom stereocenters. The summed E-state index contributed by atoms with van der Waals surface area (Å²) in [5.74, 6) is -0.851. The molecule has 1 aliphatic heterocycles. The number of allylic oxidation sites excluding steroid dienone is 3. The minimum absolute atomic E-state index is 0.206. The van der Waals surface area contributed by atoms with E-state index in [0.29, 0.717) is 12.8 Å². The lowest BCUT2D eigenvalue weighted by molar-refractivity contribution is -0.305. The first kappa shape index (κ1) is 51.0. The zero-order valence-electron chi connectivity index (χ0n) is 34.7. The topological polar surface area (TPSA) is 152 Å². The van der Waals surface area contributed by atoms with Crippen molar-refractivity contribution < 1.29 is 49.0 Å². The number of aliphatic hydroxyl groups excluding tert-OH is 4. The van der Waals surface area contributed by atoms with Crippen molar-refractivity contribution in [2.24, 2.45) is 0 Å².